The molecule has 0 unspecified atom stereocenters. The fraction of sp³-hybridized carbons (Fsp3) is 0.167. The Morgan fingerprint density at radius 3 is 2.57 bits per heavy atom. The van der Waals surface area contributed by atoms with Crippen molar-refractivity contribution >= 4 is 5.91 Å². The quantitative estimate of drug-likeness (QED) is 0.803. The summed E-state index contributed by atoms with van der Waals surface area (Å²) in [5.74, 6) is 1.25. The lowest BCUT2D eigenvalue weighted by Crippen LogP contribution is -2.22. The first-order chi connectivity index (χ1) is 11.1. The molecule has 0 radical (unpaired) electrons. The van der Waals surface area contributed by atoms with Crippen molar-refractivity contribution in [1.82, 2.24) is 15.3 Å². The maximum Gasteiger partial charge on any atom is 0.251 e. The average molecular weight is 307 g/mol. The highest BCUT2D eigenvalue weighted by Gasteiger charge is 2.10. The molecule has 1 aromatic carbocycles. The van der Waals surface area contributed by atoms with Gasteiger partial charge in [-0.3, -0.25) is 9.78 Å². The minimum atomic E-state index is -0.125. The predicted octanol–water partition coefficient (Wildman–Crippen LogP) is 3.28. The Bertz CT molecular complexity index is 789. The first-order valence-corrected chi connectivity index (χ1v) is 7.35. The monoisotopic (exact) mass is 307 g/mol. The zero-order valence-corrected chi connectivity index (χ0v) is 13.0. The smallest absolute Gasteiger partial charge is 0.251 e. The Balaban J connectivity index is 1.68. The van der Waals surface area contributed by atoms with Gasteiger partial charge in [-0.05, 0) is 49.7 Å². The van der Waals surface area contributed by atoms with Crippen LogP contribution in [0.15, 0.2) is 53.2 Å². The van der Waals surface area contributed by atoms with Gasteiger partial charge in [0.15, 0.2) is 0 Å². The Morgan fingerprint density at radius 1 is 1.17 bits per heavy atom. The van der Waals surface area contributed by atoms with E-state index in [2.05, 4.69) is 15.3 Å². The van der Waals surface area contributed by atoms with Crippen molar-refractivity contribution in [2.45, 2.75) is 20.4 Å². The number of aryl methyl sites for hydroxylation is 2. The van der Waals surface area contributed by atoms with Gasteiger partial charge in [-0.15, -0.1) is 0 Å². The van der Waals surface area contributed by atoms with E-state index in [0.717, 1.165) is 22.6 Å². The lowest BCUT2D eigenvalue weighted by molar-refractivity contribution is 0.0951. The number of carbonyl (C=O) groups is 1. The Hall–Kier alpha value is -2.95. The molecular weight excluding hydrogens is 290 g/mol. The minimum absolute atomic E-state index is 0.125. The fourth-order valence-electron chi connectivity index (χ4n) is 2.15. The van der Waals surface area contributed by atoms with Gasteiger partial charge < -0.3 is 9.73 Å². The molecule has 0 atom stereocenters. The van der Waals surface area contributed by atoms with Gasteiger partial charge >= 0.3 is 0 Å². The summed E-state index contributed by atoms with van der Waals surface area (Å²) in [5.41, 5.74) is 3.28. The Labute approximate surface area is 134 Å². The molecule has 0 aliphatic carbocycles. The third kappa shape index (κ3) is 3.45. The van der Waals surface area contributed by atoms with Gasteiger partial charge in [0.2, 0.25) is 5.89 Å². The van der Waals surface area contributed by atoms with Gasteiger partial charge in [-0.1, -0.05) is 6.07 Å². The predicted molar refractivity (Wildman–Crippen MR) is 86.8 cm³/mol. The van der Waals surface area contributed by atoms with Crippen molar-refractivity contribution < 1.29 is 9.21 Å². The van der Waals surface area contributed by atoms with Crippen LogP contribution in [0, 0.1) is 13.8 Å². The summed E-state index contributed by atoms with van der Waals surface area (Å²) in [6.45, 7) is 4.24. The topological polar surface area (TPSA) is 68.0 Å². The molecule has 1 N–H and O–H groups in total. The van der Waals surface area contributed by atoms with Crippen molar-refractivity contribution in [1.29, 1.82) is 0 Å². The van der Waals surface area contributed by atoms with Gasteiger partial charge in [0.05, 0.1) is 5.69 Å². The summed E-state index contributed by atoms with van der Waals surface area (Å²) in [6.07, 6.45) is 3.44. The summed E-state index contributed by atoms with van der Waals surface area (Å²) in [6, 6.07) is 11.0. The summed E-state index contributed by atoms with van der Waals surface area (Å²) in [4.78, 5) is 20.5. The molecule has 2 aromatic heterocycles. The number of amides is 1. The van der Waals surface area contributed by atoms with Crippen LogP contribution in [0.5, 0.6) is 0 Å². The van der Waals surface area contributed by atoms with Gasteiger partial charge in [0.1, 0.15) is 5.76 Å². The number of nitrogens with one attached hydrogen (secondary N) is 1. The molecular formula is C18H17N3O2. The zero-order valence-electron chi connectivity index (χ0n) is 13.0. The van der Waals surface area contributed by atoms with Crippen LogP contribution < -0.4 is 5.32 Å². The van der Waals surface area contributed by atoms with Crippen LogP contribution in [-0.4, -0.2) is 15.9 Å². The van der Waals surface area contributed by atoms with Crippen molar-refractivity contribution in [3.05, 3.63) is 71.4 Å². The molecule has 2 heterocycles. The number of oxazole rings is 1. The number of pyridine rings is 1. The minimum Gasteiger partial charge on any atom is -0.441 e. The molecule has 0 aliphatic rings. The van der Waals surface area contributed by atoms with Crippen LogP contribution in [0.1, 0.15) is 27.4 Å². The summed E-state index contributed by atoms with van der Waals surface area (Å²) < 4.78 is 5.59. The van der Waals surface area contributed by atoms with Crippen molar-refractivity contribution in [2.24, 2.45) is 0 Å². The molecule has 3 aromatic rings. The van der Waals surface area contributed by atoms with Crippen LogP contribution in [0.3, 0.4) is 0 Å². The van der Waals surface area contributed by atoms with Crippen molar-refractivity contribution in [2.75, 3.05) is 0 Å². The second-order valence-electron chi connectivity index (χ2n) is 5.28. The van der Waals surface area contributed by atoms with Crippen LogP contribution >= 0.6 is 0 Å². The maximum atomic E-state index is 12.2. The van der Waals surface area contributed by atoms with E-state index in [9.17, 15) is 4.79 Å². The first-order valence-electron chi connectivity index (χ1n) is 7.35. The van der Waals surface area contributed by atoms with Crippen LogP contribution in [-0.2, 0) is 6.54 Å². The van der Waals surface area contributed by atoms with E-state index in [1.165, 1.54) is 0 Å². The Kier molecular flexibility index (Phi) is 4.19. The lowest BCUT2D eigenvalue weighted by atomic mass is 10.1. The average Bonchev–Trinajstić information content (AvgIpc) is 2.93. The first kappa shape index (κ1) is 15.0. The molecule has 0 fully saturated rings. The standard InChI is InChI=1S/C18H17N3O2/c1-12-13(2)23-18(21-12)16-7-5-15(6-8-16)17(22)20-11-14-4-3-9-19-10-14/h3-10H,11H2,1-2H3,(H,20,22). The van der Waals surface area contributed by atoms with Crippen molar-refractivity contribution in [3.63, 3.8) is 0 Å². The van der Waals surface area contributed by atoms with E-state index in [4.69, 9.17) is 4.42 Å². The van der Waals surface area contributed by atoms with Crippen LogP contribution in [0.4, 0.5) is 0 Å². The molecule has 5 heteroatoms. The Morgan fingerprint density at radius 2 is 1.96 bits per heavy atom. The largest absolute Gasteiger partial charge is 0.441 e. The highest BCUT2D eigenvalue weighted by atomic mass is 16.4. The van der Waals surface area contributed by atoms with E-state index >= 15 is 0 Å². The van der Waals surface area contributed by atoms with Gasteiger partial charge in [-0.2, -0.15) is 0 Å². The van der Waals surface area contributed by atoms with E-state index in [1.54, 1.807) is 24.5 Å². The molecule has 0 spiro atoms. The molecule has 1 amide bonds. The third-order valence-electron chi connectivity index (χ3n) is 3.60. The number of rotatable bonds is 4. The van der Waals surface area contributed by atoms with Crippen LogP contribution in [0.2, 0.25) is 0 Å². The summed E-state index contributed by atoms with van der Waals surface area (Å²) in [7, 11) is 0. The highest BCUT2D eigenvalue weighted by molar-refractivity contribution is 5.94. The molecule has 3 rings (SSSR count). The fourth-order valence-corrected chi connectivity index (χ4v) is 2.15. The molecule has 0 bridgehead atoms. The maximum absolute atomic E-state index is 12.2. The highest BCUT2D eigenvalue weighted by Crippen LogP contribution is 2.21. The summed E-state index contributed by atoms with van der Waals surface area (Å²) >= 11 is 0. The van der Waals surface area contributed by atoms with E-state index in [0.29, 0.717) is 18.0 Å². The molecule has 23 heavy (non-hydrogen) atoms. The van der Waals surface area contributed by atoms with Gasteiger partial charge in [0, 0.05) is 30.1 Å². The van der Waals surface area contributed by atoms with Gasteiger partial charge in [0.25, 0.3) is 5.91 Å². The van der Waals surface area contributed by atoms with E-state index in [1.807, 2.05) is 38.1 Å². The van der Waals surface area contributed by atoms with Crippen molar-refractivity contribution in [3.8, 4) is 11.5 Å². The second kappa shape index (κ2) is 6.44. The molecule has 5 nitrogen and oxygen atoms in total. The lowest BCUT2D eigenvalue weighted by Gasteiger charge is -2.05. The summed E-state index contributed by atoms with van der Waals surface area (Å²) in [5, 5.41) is 2.87. The second-order valence-corrected chi connectivity index (χ2v) is 5.28. The van der Waals surface area contributed by atoms with Crippen LogP contribution in [0.25, 0.3) is 11.5 Å². The number of aromatic nitrogens is 2. The molecule has 0 saturated heterocycles. The van der Waals surface area contributed by atoms with E-state index < -0.39 is 0 Å². The number of hydrogen-bond donors (Lipinski definition) is 1. The van der Waals surface area contributed by atoms with E-state index in [-0.39, 0.29) is 5.91 Å². The third-order valence-corrected chi connectivity index (χ3v) is 3.60. The normalized spacial score (nSPS) is 10.5. The SMILES string of the molecule is Cc1nc(-c2ccc(C(=O)NCc3cccnc3)cc2)oc1C. The van der Waals surface area contributed by atoms with Gasteiger partial charge in [-0.25, -0.2) is 4.98 Å². The molecule has 0 aliphatic heterocycles. The number of carbonyl (C=O) groups excluding carboxylic acids is 1. The zero-order chi connectivity index (χ0) is 16.2. The molecule has 0 saturated carbocycles. The number of benzene rings is 1. The number of hydrogen-bond acceptors (Lipinski definition) is 4. The number of nitrogens with zero attached hydrogens (tertiary/aromatic N) is 2. The molecule has 116 valence electrons.